The van der Waals surface area contributed by atoms with E-state index in [-0.39, 0.29) is 23.7 Å². The number of hydrogen-bond acceptors (Lipinski definition) is 4. The molecule has 0 amide bonds. The Kier molecular flexibility index (Phi) is 4.42. The van der Waals surface area contributed by atoms with Crippen LogP contribution in [0, 0.1) is 0 Å². The van der Waals surface area contributed by atoms with Crippen LogP contribution in [0.1, 0.15) is 44.7 Å². The minimum absolute atomic E-state index is 0.0609. The normalized spacial score (nSPS) is 13.2. The molecular weight excluding hydrogens is 292 g/mol. The van der Waals surface area contributed by atoms with Crippen LogP contribution in [0.25, 0.3) is 0 Å². The molecule has 1 aliphatic rings. The molecule has 3 rings (SSSR count). The van der Waals surface area contributed by atoms with E-state index in [4.69, 9.17) is 4.74 Å². The highest BCUT2D eigenvalue weighted by Gasteiger charge is 2.16. The maximum absolute atomic E-state index is 12.2. The van der Waals surface area contributed by atoms with Gasteiger partial charge in [-0.25, -0.2) is 4.79 Å². The largest absolute Gasteiger partial charge is 0.507 e. The number of Topliss-reactive ketones (excluding diaryl/α,β-unsaturated/α-hetero) is 1. The number of hydrogen-bond donors (Lipinski definition) is 1. The first-order valence-corrected chi connectivity index (χ1v) is 7.75. The molecule has 0 fully saturated rings. The topological polar surface area (TPSA) is 63.6 Å². The molecule has 0 bridgehead atoms. The van der Waals surface area contributed by atoms with Crippen molar-refractivity contribution >= 4 is 11.8 Å². The van der Waals surface area contributed by atoms with Gasteiger partial charge in [0.2, 0.25) is 0 Å². The third-order valence-electron chi connectivity index (χ3n) is 4.13. The van der Waals surface area contributed by atoms with Crippen LogP contribution < -0.4 is 0 Å². The minimum atomic E-state index is -0.700. The number of benzene rings is 2. The smallest absolute Gasteiger partial charge is 0.342 e. The molecule has 0 heterocycles. The van der Waals surface area contributed by atoms with Gasteiger partial charge in [0.05, 0.1) is 0 Å². The molecule has 0 aromatic heterocycles. The number of aryl methyl sites for hydroxylation is 2. The molecule has 0 unspecified atom stereocenters. The first-order chi connectivity index (χ1) is 11.1. The summed E-state index contributed by atoms with van der Waals surface area (Å²) in [7, 11) is 0. The van der Waals surface area contributed by atoms with Gasteiger partial charge < -0.3 is 9.84 Å². The van der Waals surface area contributed by atoms with E-state index in [2.05, 4.69) is 0 Å². The maximum atomic E-state index is 12.2. The zero-order chi connectivity index (χ0) is 16.2. The van der Waals surface area contributed by atoms with Gasteiger partial charge in [0.25, 0.3) is 0 Å². The van der Waals surface area contributed by atoms with Gasteiger partial charge in [0, 0.05) is 5.56 Å². The van der Waals surface area contributed by atoms with Gasteiger partial charge in [0.15, 0.2) is 12.4 Å². The van der Waals surface area contributed by atoms with Gasteiger partial charge in [-0.05, 0) is 55.0 Å². The van der Waals surface area contributed by atoms with Crippen LogP contribution in [-0.2, 0) is 17.6 Å². The van der Waals surface area contributed by atoms with Crippen LogP contribution in [0.2, 0.25) is 0 Å². The molecule has 2 aromatic carbocycles. The van der Waals surface area contributed by atoms with Crippen LogP contribution in [0.5, 0.6) is 5.75 Å². The fraction of sp³-hybridized carbons (Fsp3) is 0.263. The number of ether oxygens (including phenoxy) is 1. The number of para-hydroxylation sites is 1. The third kappa shape index (κ3) is 3.42. The lowest BCUT2D eigenvalue weighted by Gasteiger charge is -2.16. The second-order valence-corrected chi connectivity index (χ2v) is 5.71. The number of aromatic hydroxyl groups is 1. The van der Waals surface area contributed by atoms with Gasteiger partial charge in [-0.1, -0.05) is 24.3 Å². The van der Waals surface area contributed by atoms with Crippen LogP contribution in [0.15, 0.2) is 42.5 Å². The van der Waals surface area contributed by atoms with Gasteiger partial charge in [-0.3, -0.25) is 4.79 Å². The molecule has 0 saturated heterocycles. The van der Waals surface area contributed by atoms with E-state index >= 15 is 0 Å². The Balaban J connectivity index is 1.66. The number of carbonyl (C=O) groups is 2. The van der Waals surface area contributed by atoms with E-state index < -0.39 is 5.97 Å². The average Bonchev–Trinajstić information content (AvgIpc) is 2.59. The first kappa shape index (κ1) is 15.3. The van der Waals surface area contributed by atoms with Crippen molar-refractivity contribution in [2.24, 2.45) is 0 Å². The van der Waals surface area contributed by atoms with Crippen molar-refractivity contribution in [1.29, 1.82) is 0 Å². The van der Waals surface area contributed by atoms with Gasteiger partial charge in [-0.2, -0.15) is 0 Å². The van der Waals surface area contributed by atoms with E-state index in [1.54, 1.807) is 18.2 Å². The van der Waals surface area contributed by atoms with Crippen molar-refractivity contribution in [3.8, 4) is 5.75 Å². The number of phenolic OH excluding ortho intramolecular Hbond substituents is 1. The molecule has 0 radical (unpaired) electrons. The molecular formula is C19H18O4. The standard InChI is InChI=1S/C19H18O4/c20-17-8-4-3-7-16(17)19(22)23-12-18(21)15-10-9-13-5-1-2-6-14(13)11-15/h3-4,7-11,20H,1-2,5-6,12H2. The summed E-state index contributed by atoms with van der Waals surface area (Å²) in [5, 5.41) is 9.61. The van der Waals surface area contributed by atoms with E-state index in [9.17, 15) is 14.7 Å². The second-order valence-electron chi connectivity index (χ2n) is 5.71. The highest BCUT2D eigenvalue weighted by Crippen LogP contribution is 2.22. The molecule has 0 aliphatic heterocycles. The fourth-order valence-corrected chi connectivity index (χ4v) is 2.85. The van der Waals surface area contributed by atoms with E-state index in [0.29, 0.717) is 5.56 Å². The maximum Gasteiger partial charge on any atom is 0.342 e. The van der Waals surface area contributed by atoms with Crippen molar-refractivity contribution in [2.75, 3.05) is 6.61 Å². The van der Waals surface area contributed by atoms with Crippen LogP contribution >= 0.6 is 0 Å². The molecule has 4 nitrogen and oxygen atoms in total. The monoisotopic (exact) mass is 310 g/mol. The second kappa shape index (κ2) is 6.65. The first-order valence-electron chi connectivity index (χ1n) is 7.75. The summed E-state index contributed by atoms with van der Waals surface area (Å²) >= 11 is 0. The number of esters is 1. The molecule has 0 saturated carbocycles. The summed E-state index contributed by atoms with van der Waals surface area (Å²) in [5.74, 6) is -1.09. The number of rotatable bonds is 4. The fourth-order valence-electron chi connectivity index (χ4n) is 2.85. The van der Waals surface area contributed by atoms with Crippen molar-refractivity contribution in [2.45, 2.75) is 25.7 Å². The number of ketones is 1. The molecule has 4 heteroatoms. The summed E-state index contributed by atoms with van der Waals surface area (Å²) in [6, 6.07) is 11.8. The highest BCUT2D eigenvalue weighted by atomic mass is 16.5. The molecule has 0 atom stereocenters. The van der Waals surface area contributed by atoms with Gasteiger partial charge in [0.1, 0.15) is 11.3 Å². The zero-order valence-corrected chi connectivity index (χ0v) is 12.7. The lowest BCUT2D eigenvalue weighted by molar-refractivity contribution is 0.0472. The Bertz CT molecular complexity index is 749. The Morgan fingerprint density at radius 1 is 1.00 bits per heavy atom. The van der Waals surface area contributed by atoms with Gasteiger partial charge >= 0.3 is 5.97 Å². The van der Waals surface area contributed by atoms with Crippen molar-refractivity contribution in [3.63, 3.8) is 0 Å². The summed E-state index contributed by atoms with van der Waals surface area (Å²) < 4.78 is 5.02. The van der Waals surface area contributed by atoms with Crippen molar-refractivity contribution in [1.82, 2.24) is 0 Å². The Morgan fingerprint density at radius 2 is 1.74 bits per heavy atom. The molecule has 23 heavy (non-hydrogen) atoms. The Morgan fingerprint density at radius 3 is 2.52 bits per heavy atom. The molecule has 1 aliphatic carbocycles. The summed E-state index contributed by atoms with van der Waals surface area (Å²) in [4.78, 5) is 24.1. The summed E-state index contributed by atoms with van der Waals surface area (Å²) in [6.45, 7) is -0.327. The van der Waals surface area contributed by atoms with Crippen LogP contribution in [0.3, 0.4) is 0 Å². The SMILES string of the molecule is O=C(COC(=O)c1ccccc1O)c1ccc2c(c1)CCCC2. The molecule has 118 valence electrons. The molecule has 2 aromatic rings. The van der Waals surface area contributed by atoms with E-state index in [1.165, 1.54) is 29.7 Å². The lowest BCUT2D eigenvalue weighted by atomic mass is 9.90. The number of fused-ring (bicyclic) bond motifs is 1. The zero-order valence-electron chi connectivity index (χ0n) is 12.7. The summed E-state index contributed by atoms with van der Waals surface area (Å²) in [5.41, 5.74) is 3.15. The predicted molar refractivity (Wildman–Crippen MR) is 85.8 cm³/mol. The van der Waals surface area contributed by atoms with Crippen LogP contribution in [-0.4, -0.2) is 23.5 Å². The highest BCUT2D eigenvalue weighted by molar-refractivity contribution is 6.00. The van der Waals surface area contributed by atoms with Crippen molar-refractivity contribution < 1.29 is 19.4 Å². The Labute approximate surface area is 134 Å². The molecule has 1 N–H and O–H groups in total. The predicted octanol–water partition coefficient (Wildman–Crippen LogP) is 3.31. The lowest BCUT2D eigenvalue weighted by Crippen LogP contribution is -2.15. The van der Waals surface area contributed by atoms with Gasteiger partial charge in [-0.15, -0.1) is 0 Å². The molecule has 0 spiro atoms. The Hall–Kier alpha value is -2.62. The van der Waals surface area contributed by atoms with E-state index in [1.807, 2.05) is 12.1 Å². The number of carbonyl (C=O) groups excluding carboxylic acids is 2. The average molecular weight is 310 g/mol. The number of phenols is 1. The quantitative estimate of drug-likeness (QED) is 0.695. The van der Waals surface area contributed by atoms with Crippen LogP contribution in [0.4, 0.5) is 0 Å². The summed E-state index contributed by atoms with van der Waals surface area (Å²) in [6.07, 6.45) is 4.39. The van der Waals surface area contributed by atoms with Crippen molar-refractivity contribution in [3.05, 3.63) is 64.7 Å². The third-order valence-corrected chi connectivity index (χ3v) is 4.13. The van der Waals surface area contributed by atoms with E-state index in [0.717, 1.165) is 19.3 Å². The minimum Gasteiger partial charge on any atom is -0.507 e.